The summed E-state index contributed by atoms with van der Waals surface area (Å²) in [5.41, 5.74) is 8.30. The average Bonchev–Trinajstić information content (AvgIpc) is 2.76. The van der Waals surface area contributed by atoms with Crippen LogP contribution in [0.25, 0.3) is 0 Å². The first-order valence-electron chi connectivity index (χ1n) is 10.1. The van der Waals surface area contributed by atoms with Crippen LogP contribution in [0.4, 0.5) is 0 Å². The zero-order valence-electron chi connectivity index (χ0n) is 16.2. The lowest BCUT2D eigenvalue weighted by Gasteiger charge is -2.07. The van der Waals surface area contributed by atoms with Crippen molar-refractivity contribution in [2.24, 2.45) is 0 Å². The largest absolute Gasteiger partial charge is 0.0622 e. The highest BCUT2D eigenvalue weighted by atomic mass is 14.1. The van der Waals surface area contributed by atoms with Gasteiger partial charge in [-0.2, -0.15) is 0 Å². The summed E-state index contributed by atoms with van der Waals surface area (Å²) in [4.78, 5) is 0. The maximum atomic E-state index is 2.28. The second kappa shape index (κ2) is 9.19. The van der Waals surface area contributed by atoms with E-state index < -0.39 is 0 Å². The number of hydrogen-bond acceptors (Lipinski definition) is 0. The van der Waals surface area contributed by atoms with Gasteiger partial charge in [0.05, 0.1) is 0 Å². The van der Waals surface area contributed by atoms with Crippen LogP contribution in [0.15, 0.2) is 109 Å². The van der Waals surface area contributed by atoms with Crippen LogP contribution in [0.1, 0.15) is 33.4 Å². The molecular weight excluding hydrogens is 336 g/mol. The van der Waals surface area contributed by atoms with E-state index in [2.05, 4.69) is 109 Å². The van der Waals surface area contributed by atoms with Gasteiger partial charge >= 0.3 is 0 Å². The molecular formula is C28H26. The van der Waals surface area contributed by atoms with Crippen LogP contribution in [0.5, 0.6) is 0 Å². The molecule has 0 aromatic heterocycles. The number of aryl methyl sites for hydroxylation is 2. The van der Waals surface area contributed by atoms with Crippen LogP contribution in [0.2, 0.25) is 0 Å². The Labute approximate surface area is 168 Å². The average molecular weight is 363 g/mol. The fourth-order valence-corrected chi connectivity index (χ4v) is 3.60. The molecule has 0 aliphatic heterocycles. The molecule has 28 heavy (non-hydrogen) atoms. The van der Waals surface area contributed by atoms with Gasteiger partial charge in [0, 0.05) is 0 Å². The van der Waals surface area contributed by atoms with E-state index in [0.717, 1.165) is 25.7 Å². The molecule has 0 atom stereocenters. The maximum Gasteiger partial charge on any atom is -0.00258 e. The number of benzene rings is 4. The van der Waals surface area contributed by atoms with Crippen molar-refractivity contribution in [2.75, 3.05) is 0 Å². The van der Waals surface area contributed by atoms with Crippen molar-refractivity contribution >= 4 is 0 Å². The van der Waals surface area contributed by atoms with E-state index in [-0.39, 0.29) is 0 Å². The summed E-state index contributed by atoms with van der Waals surface area (Å²) in [6.07, 6.45) is 4.18. The second-order valence-corrected chi connectivity index (χ2v) is 7.46. The van der Waals surface area contributed by atoms with Crippen LogP contribution < -0.4 is 0 Å². The van der Waals surface area contributed by atoms with Gasteiger partial charge in [0.2, 0.25) is 0 Å². The van der Waals surface area contributed by atoms with Crippen molar-refractivity contribution in [1.82, 2.24) is 0 Å². The van der Waals surface area contributed by atoms with Gasteiger partial charge in [0.25, 0.3) is 0 Å². The van der Waals surface area contributed by atoms with Gasteiger partial charge in [0.15, 0.2) is 0 Å². The molecule has 4 rings (SSSR count). The van der Waals surface area contributed by atoms with Crippen molar-refractivity contribution in [3.8, 4) is 0 Å². The van der Waals surface area contributed by atoms with Crippen molar-refractivity contribution in [3.05, 3.63) is 143 Å². The van der Waals surface area contributed by atoms with E-state index in [1.54, 1.807) is 0 Å². The highest BCUT2D eigenvalue weighted by Gasteiger charge is 2.00. The van der Waals surface area contributed by atoms with Gasteiger partial charge in [-0.3, -0.25) is 0 Å². The summed E-state index contributed by atoms with van der Waals surface area (Å²) in [5, 5.41) is 0. The van der Waals surface area contributed by atoms with E-state index in [9.17, 15) is 0 Å². The first-order chi connectivity index (χ1) is 13.8. The highest BCUT2D eigenvalue weighted by molar-refractivity contribution is 5.31. The highest BCUT2D eigenvalue weighted by Crippen LogP contribution is 2.15. The summed E-state index contributed by atoms with van der Waals surface area (Å²) in [6, 6.07) is 39.5. The lowest BCUT2D eigenvalue weighted by atomic mass is 9.99. The van der Waals surface area contributed by atoms with Crippen LogP contribution in [0, 0.1) is 0 Å². The monoisotopic (exact) mass is 362 g/mol. The lowest BCUT2D eigenvalue weighted by Crippen LogP contribution is -1.94. The predicted molar refractivity (Wildman–Crippen MR) is 119 cm³/mol. The molecule has 0 aliphatic carbocycles. The Morgan fingerprint density at radius 1 is 0.286 bits per heavy atom. The molecule has 0 heteroatoms. The molecule has 0 saturated heterocycles. The Morgan fingerprint density at radius 2 is 0.571 bits per heavy atom. The van der Waals surface area contributed by atoms with Gasteiger partial charge in [0.1, 0.15) is 0 Å². The molecule has 0 fully saturated rings. The Balaban J connectivity index is 1.30. The molecule has 0 bridgehead atoms. The van der Waals surface area contributed by atoms with E-state index >= 15 is 0 Å². The van der Waals surface area contributed by atoms with Gasteiger partial charge in [-0.15, -0.1) is 0 Å². The first kappa shape index (κ1) is 18.3. The lowest BCUT2D eigenvalue weighted by molar-refractivity contribution is 0.956. The van der Waals surface area contributed by atoms with Gasteiger partial charge in [-0.1, -0.05) is 109 Å². The van der Waals surface area contributed by atoms with Crippen molar-refractivity contribution in [3.63, 3.8) is 0 Å². The minimum absolute atomic E-state index is 1.00. The van der Waals surface area contributed by atoms with E-state index in [0.29, 0.717) is 0 Å². The molecule has 138 valence electrons. The van der Waals surface area contributed by atoms with Crippen molar-refractivity contribution < 1.29 is 0 Å². The summed E-state index contributed by atoms with van der Waals surface area (Å²) >= 11 is 0. The SMILES string of the molecule is c1ccc(Cc2ccc(CCc3ccc(Cc4ccccc4)cc3)cc2)cc1. The van der Waals surface area contributed by atoms with Gasteiger partial charge in [-0.25, -0.2) is 0 Å². The third-order valence-corrected chi connectivity index (χ3v) is 5.25. The van der Waals surface area contributed by atoms with Crippen LogP contribution >= 0.6 is 0 Å². The fourth-order valence-electron chi connectivity index (χ4n) is 3.60. The van der Waals surface area contributed by atoms with E-state index in [1.807, 2.05) is 0 Å². The zero-order chi connectivity index (χ0) is 19.0. The molecule has 0 aliphatic rings. The Bertz CT molecular complexity index is 881. The van der Waals surface area contributed by atoms with E-state index in [1.165, 1.54) is 33.4 Å². The third-order valence-electron chi connectivity index (χ3n) is 5.25. The van der Waals surface area contributed by atoms with Crippen LogP contribution in [0.3, 0.4) is 0 Å². The molecule has 0 saturated carbocycles. The topological polar surface area (TPSA) is 0 Å². The molecule has 0 heterocycles. The summed E-state index contributed by atoms with van der Waals surface area (Å²) < 4.78 is 0. The minimum Gasteiger partial charge on any atom is -0.0622 e. The summed E-state index contributed by atoms with van der Waals surface area (Å²) in [5.74, 6) is 0. The van der Waals surface area contributed by atoms with Gasteiger partial charge < -0.3 is 0 Å². The predicted octanol–water partition coefficient (Wildman–Crippen LogP) is 6.65. The maximum absolute atomic E-state index is 2.28. The first-order valence-corrected chi connectivity index (χ1v) is 10.1. The van der Waals surface area contributed by atoms with Gasteiger partial charge in [-0.05, 0) is 59.1 Å². The fraction of sp³-hybridized carbons (Fsp3) is 0.143. The number of hydrogen-bond donors (Lipinski definition) is 0. The Hall–Kier alpha value is -3.12. The van der Waals surface area contributed by atoms with Crippen molar-refractivity contribution in [2.45, 2.75) is 25.7 Å². The Morgan fingerprint density at radius 3 is 0.929 bits per heavy atom. The summed E-state index contributed by atoms with van der Waals surface area (Å²) in [6.45, 7) is 0. The third kappa shape index (κ3) is 5.20. The molecule has 0 amide bonds. The standard InChI is InChI=1S/C28H26/c1-3-7-25(8-4-1)21-27-17-13-23(14-18-27)11-12-24-15-19-28(20-16-24)22-26-9-5-2-6-10-26/h1-10,13-20H,11-12,21-22H2. The molecule has 0 nitrogen and oxygen atoms in total. The molecule has 4 aromatic rings. The normalized spacial score (nSPS) is 10.7. The molecule has 0 radical (unpaired) electrons. The Kier molecular flexibility index (Phi) is 5.99. The van der Waals surface area contributed by atoms with E-state index in [4.69, 9.17) is 0 Å². The second-order valence-electron chi connectivity index (χ2n) is 7.46. The minimum atomic E-state index is 1.00. The van der Waals surface area contributed by atoms with Crippen LogP contribution in [-0.2, 0) is 25.7 Å². The quantitative estimate of drug-likeness (QED) is 0.345. The van der Waals surface area contributed by atoms with Crippen LogP contribution in [-0.4, -0.2) is 0 Å². The number of rotatable bonds is 7. The summed E-state index contributed by atoms with van der Waals surface area (Å²) in [7, 11) is 0. The smallest absolute Gasteiger partial charge is 0.00258 e. The molecule has 4 aromatic carbocycles. The molecule has 0 spiro atoms. The zero-order valence-corrected chi connectivity index (χ0v) is 16.2. The molecule has 0 unspecified atom stereocenters. The van der Waals surface area contributed by atoms with Crippen molar-refractivity contribution in [1.29, 1.82) is 0 Å². The molecule has 0 N–H and O–H groups in total.